The summed E-state index contributed by atoms with van der Waals surface area (Å²) in [6.45, 7) is 0. The van der Waals surface area contributed by atoms with Crippen molar-refractivity contribution in [2.45, 2.75) is 0 Å². The van der Waals surface area contributed by atoms with Gasteiger partial charge in [-0.25, -0.2) is 0 Å². The summed E-state index contributed by atoms with van der Waals surface area (Å²) in [5.41, 5.74) is 20.9. The maximum atomic E-state index is 3.79. The van der Waals surface area contributed by atoms with Crippen LogP contribution >= 0.6 is 31.9 Å². The number of benzene rings is 10. The predicted octanol–water partition coefficient (Wildman–Crippen LogP) is 18.2. The fourth-order valence-electron chi connectivity index (χ4n) is 8.78. The number of rotatable bonds is 9. The van der Waals surface area contributed by atoms with E-state index in [-0.39, 0.29) is 0 Å². The molecule has 62 heavy (non-hydrogen) atoms. The zero-order valence-electron chi connectivity index (χ0n) is 33.8. The van der Waals surface area contributed by atoms with E-state index in [1.165, 1.54) is 50.1 Å². The summed E-state index contributed by atoms with van der Waals surface area (Å²) in [5.74, 6) is 0. The zero-order valence-corrected chi connectivity index (χ0v) is 37.0. The second-order valence-corrected chi connectivity index (χ2v) is 17.3. The van der Waals surface area contributed by atoms with Crippen LogP contribution in [0.5, 0.6) is 0 Å². The van der Waals surface area contributed by atoms with E-state index in [4.69, 9.17) is 0 Å². The largest absolute Gasteiger partial charge is 0.0622 e. The van der Waals surface area contributed by atoms with Crippen molar-refractivity contribution in [2.75, 3.05) is 0 Å². The van der Waals surface area contributed by atoms with Crippen molar-refractivity contribution >= 4 is 31.9 Å². The standard InChI is InChI=1S/C60H40Br2/c61-53-33-29-46(30-34-53)57-55(44-23-12-4-13-24-44)56(45-25-14-5-15-26-45)58(47-31-35-54(62)36-32-47)60(59(57)49-28-16-27-48(37-49)41-17-6-1-7-18-41)52-39-50(42-19-8-2-9-20-42)38-51(40-52)43-21-10-3-11-22-43/h1-40H. The summed E-state index contributed by atoms with van der Waals surface area (Å²) in [6.07, 6.45) is 0. The molecule has 0 fully saturated rings. The molecular weight excluding hydrogens is 880 g/mol. The van der Waals surface area contributed by atoms with Crippen molar-refractivity contribution in [1.82, 2.24) is 0 Å². The first kappa shape index (κ1) is 39.3. The molecule has 0 aliphatic rings. The Hall–Kier alpha value is -6.84. The highest BCUT2D eigenvalue weighted by Crippen LogP contribution is 2.56. The lowest BCUT2D eigenvalue weighted by Gasteiger charge is -2.29. The smallest absolute Gasteiger partial charge is 0.0175 e. The van der Waals surface area contributed by atoms with Gasteiger partial charge in [-0.3, -0.25) is 0 Å². The van der Waals surface area contributed by atoms with Crippen LogP contribution in [0.15, 0.2) is 252 Å². The van der Waals surface area contributed by atoms with Crippen molar-refractivity contribution in [2.24, 2.45) is 0 Å². The van der Waals surface area contributed by atoms with Gasteiger partial charge in [-0.2, -0.15) is 0 Å². The van der Waals surface area contributed by atoms with Gasteiger partial charge in [-0.1, -0.05) is 226 Å². The third-order valence-electron chi connectivity index (χ3n) is 11.6. The van der Waals surface area contributed by atoms with E-state index in [1.807, 2.05) is 0 Å². The van der Waals surface area contributed by atoms with Crippen molar-refractivity contribution in [1.29, 1.82) is 0 Å². The summed E-state index contributed by atoms with van der Waals surface area (Å²) in [4.78, 5) is 0. The highest BCUT2D eigenvalue weighted by Gasteiger charge is 2.30. The maximum Gasteiger partial charge on any atom is 0.0175 e. The molecule has 0 aliphatic heterocycles. The molecule has 0 amide bonds. The van der Waals surface area contributed by atoms with Gasteiger partial charge in [0.15, 0.2) is 0 Å². The quantitative estimate of drug-likeness (QED) is 0.135. The third kappa shape index (κ3) is 7.92. The molecule has 10 rings (SSSR count). The second kappa shape index (κ2) is 17.6. The fraction of sp³-hybridized carbons (Fsp3) is 0. The first-order valence-electron chi connectivity index (χ1n) is 20.9. The topological polar surface area (TPSA) is 0 Å². The summed E-state index contributed by atoms with van der Waals surface area (Å²) in [5, 5.41) is 0. The van der Waals surface area contributed by atoms with Crippen LogP contribution in [0.4, 0.5) is 0 Å². The fourth-order valence-corrected chi connectivity index (χ4v) is 9.30. The molecule has 0 saturated carbocycles. The molecule has 0 aliphatic carbocycles. The van der Waals surface area contributed by atoms with E-state index in [0.29, 0.717) is 0 Å². The lowest BCUT2D eigenvalue weighted by Crippen LogP contribution is -2.02. The molecule has 0 saturated heterocycles. The summed E-state index contributed by atoms with van der Waals surface area (Å²) < 4.78 is 2.07. The van der Waals surface area contributed by atoms with Gasteiger partial charge in [0, 0.05) is 8.95 Å². The molecule has 10 aromatic rings. The minimum atomic E-state index is 1.03. The number of halogens is 2. The Bertz CT molecular complexity index is 3070. The molecule has 0 radical (unpaired) electrons. The average molecular weight is 921 g/mol. The van der Waals surface area contributed by atoms with Crippen LogP contribution in [0.25, 0.3) is 100 Å². The van der Waals surface area contributed by atoms with E-state index < -0.39 is 0 Å². The zero-order chi connectivity index (χ0) is 41.8. The molecule has 0 atom stereocenters. The molecule has 0 unspecified atom stereocenters. The van der Waals surface area contributed by atoms with Crippen LogP contribution in [0, 0.1) is 0 Å². The maximum absolute atomic E-state index is 3.79. The SMILES string of the molecule is Brc1ccc(-c2c(-c3ccccc3)c(-c3ccccc3)c(-c3ccc(Br)cc3)c(-c3cc(-c4ccccc4)cc(-c4ccccc4)c3)c2-c2cccc(-c3ccccc3)c2)cc1. The van der Waals surface area contributed by atoms with Gasteiger partial charge in [0.25, 0.3) is 0 Å². The van der Waals surface area contributed by atoms with E-state index in [9.17, 15) is 0 Å². The Balaban J connectivity index is 1.48. The van der Waals surface area contributed by atoms with E-state index in [2.05, 4.69) is 275 Å². The Labute approximate surface area is 381 Å². The molecular formula is C60H40Br2. The van der Waals surface area contributed by atoms with Crippen LogP contribution in [0.1, 0.15) is 0 Å². The van der Waals surface area contributed by atoms with Gasteiger partial charge >= 0.3 is 0 Å². The average Bonchev–Trinajstić information content (AvgIpc) is 3.35. The van der Waals surface area contributed by atoms with Crippen molar-refractivity contribution in [3.63, 3.8) is 0 Å². The van der Waals surface area contributed by atoms with Gasteiger partial charge in [-0.15, -0.1) is 0 Å². The first-order valence-corrected chi connectivity index (χ1v) is 22.5. The Morgan fingerprint density at radius 2 is 0.403 bits per heavy atom. The van der Waals surface area contributed by atoms with E-state index in [1.54, 1.807) is 0 Å². The van der Waals surface area contributed by atoms with Crippen LogP contribution in [0.3, 0.4) is 0 Å². The van der Waals surface area contributed by atoms with Gasteiger partial charge in [0.05, 0.1) is 0 Å². The van der Waals surface area contributed by atoms with E-state index in [0.717, 1.165) is 59.0 Å². The van der Waals surface area contributed by atoms with Gasteiger partial charge in [0.2, 0.25) is 0 Å². The van der Waals surface area contributed by atoms with Gasteiger partial charge < -0.3 is 0 Å². The van der Waals surface area contributed by atoms with Gasteiger partial charge in [-0.05, 0) is 149 Å². The Morgan fingerprint density at radius 1 is 0.161 bits per heavy atom. The van der Waals surface area contributed by atoms with Crippen LogP contribution < -0.4 is 0 Å². The van der Waals surface area contributed by atoms with Crippen molar-refractivity contribution < 1.29 is 0 Å². The van der Waals surface area contributed by atoms with Crippen molar-refractivity contribution in [3.05, 3.63) is 252 Å². The summed E-state index contributed by atoms with van der Waals surface area (Å²) in [7, 11) is 0. The number of hydrogen-bond donors (Lipinski definition) is 0. The lowest BCUT2D eigenvalue weighted by molar-refractivity contribution is 1.50. The third-order valence-corrected chi connectivity index (χ3v) is 12.6. The Kier molecular flexibility index (Phi) is 11.2. The molecule has 0 heterocycles. The van der Waals surface area contributed by atoms with Crippen LogP contribution in [-0.4, -0.2) is 0 Å². The number of hydrogen-bond acceptors (Lipinski definition) is 0. The monoisotopic (exact) mass is 918 g/mol. The molecule has 2 heteroatoms. The first-order chi connectivity index (χ1) is 30.6. The highest BCUT2D eigenvalue weighted by atomic mass is 79.9. The molecule has 0 nitrogen and oxygen atoms in total. The highest BCUT2D eigenvalue weighted by molar-refractivity contribution is 9.10. The molecule has 0 bridgehead atoms. The summed E-state index contributed by atoms with van der Waals surface area (Å²) in [6, 6.07) is 88.3. The lowest BCUT2D eigenvalue weighted by atomic mass is 9.73. The van der Waals surface area contributed by atoms with Gasteiger partial charge in [0.1, 0.15) is 0 Å². The van der Waals surface area contributed by atoms with E-state index >= 15 is 0 Å². The predicted molar refractivity (Wildman–Crippen MR) is 271 cm³/mol. The molecule has 10 aromatic carbocycles. The molecule has 0 N–H and O–H groups in total. The molecule has 294 valence electrons. The molecule has 0 spiro atoms. The van der Waals surface area contributed by atoms with Crippen LogP contribution in [0.2, 0.25) is 0 Å². The minimum absolute atomic E-state index is 1.03. The van der Waals surface area contributed by atoms with Crippen LogP contribution in [-0.2, 0) is 0 Å². The Morgan fingerprint density at radius 3 is 0.790 bits per heavy atom. The normalized spacial score (nSPS) is 11.1. The summed E-state index contributed by atoms with van der Waals surface area (Å²) >= 11 is 7.58. The minimum Gasteiger partial charge on any atom is -0.0622 e. The van der Waals surface area contributed by atoms with Crippen molar-refractivity contribution in [3.8, 4) is 100 Å². The second-order valence-electron chi connectivity index (χ2n) is 15.5. The molecule has 0 aromatic heterocycles.